The third kappa shape index (κ3) is 2.09. The Morgan fingerprint density at radius 3 is 3.08 bits per heavy atom. The zero-order valence-electron chi connectivity index (χ0n) is 14.3. The van der Waals surface area contributed by atoms with Gasteiger partial charge in [0, 0.05) is 6.54 Å². The molecule has 0 bridgehead atoms. The second-order valence-corrected chi connectivity index (χ2v) is 6.64. The molecule has 128 valence electrons. The number of nitrogens with zero attached hydrogens (tertiary/aromatic N) is 6. The lowest BCUT2D eigenvalue weighted by Gasteiger charge is -2.25. The summed E-state index contributed by atoms with van der Waals surface area (Å²) in [6.45, 7) is 2.86. The fraction of sp³-hybridized carbons (Fsp3) is 0.263. The number of pyridine rings is 1. The van der Waals surface area contributed by atoms with Crippen LogP contribution in [0.2, 0.25) is 0 Å². The average molecular weight is 343 g/mol. The van der Waals surface area contributed by atoms with Gasteiger partial charge < -0.3 is 5.32 Å². The highest BCUT2D eigenvalue weighted by Gasteiger charge is 2.24. The topological polar surface area (TPSA) is 83.8 Å². The minimum atomic E-state index is 0.0861. The van der Waals surface area contributed by atoms with E-state index in [0.717, 1.165) is 47.6 Å². The van der Waals surface area contributed by atoms with Crippen LogP contribution in [0.3, 0.4) is 0 Å². The number of aromatic nitrogens is 5. The van der Waals surface area contributed by atoms with E-state index in [1.54, 1.807) is 6.33 Å². The van der Waals surface area contributed by atoms with Crippen molar-refractivity contribution in [2.75, 3.05) is 5.32 Å². The van der Waals surface area contributed by atoms with Gasteiger partial charge in [-0.2, -0.15) is 10.4 Å². The van der Waals surface area contributed by atoms with Crippen LogP contribution in [0.25, 0.3) is 16.7 Å². The summed E-state index contributed by atoms with van der Waals surface area (Å²) in [7, 11) is 0. The maximum Gasteiger partial charge on any atom is 0.157 e. The van der Waals surface area contributed by atoms with E-state index in [2.05, 4.69) is 21.5 Å². The van der Waals surface area contributed by atoms with E-state index in [1.807, 2.05) is 46.3 Å². The first-order valence-electron chi connectivity index (χ1n) is 8.71. The molecule has 5 rings (SSSR count). The van der Waals surface area contributed by atoms with Crippen molar-refractivity contribution < 1.29 is 0 Å². The number of aryl methyl sites for hydroxylation is 2. The molecule has 26 heavy (non-hydrogen) atoms. The number of hydrogen-bond acceptors (Lipinski definition) is 5. The Balaban J connectivity index is 1.73. The first-order valence-corrected chi connectivity index (χ1v) is 8.71. The van der Waals surface area contributed by atoms with Gasteiger partial charge in [0.1, 0.15) is 24.0 Å². The van der Waals surface area contributed by atoms with Crippen LogP contribution in [-0.2, 0) is 6.54 Å². The predicted octanol–water partition coefficient (Wildman–Crippen LogP) is 3.21. The molecule has 0 spiro atoms. The molecule has 0 saturated carbocycles. The molecule has 7 nitrogen and oxygen atoms in total. The third-order valence-corrected chi connectivity index (χ3v) is 5.03. The largest absolute Gasteiger partial charge is 0.361 e. The SMILES string of the molecule is Cc1cc(N[C@@H]2CCCn3ncnc32)n2c(nc3ccccc32)c1C#N. The van der Waals surface area contributed by atoms with E-state index in [1.165, 1.54) is 0 Å². The van der Waals surface area contributed by atoms with Crippen LogP contribution in [0.15, 0.2) is 36.7 Å². The Labute approximate surface area is 149 Å². The van der Waals surface area contributed by atoms with Crippen molar-refractivity contribution in [2.45, 2.75) is 32.4 Å². The van der Waals surface area contributed by atoms with Crippen LogP contribution in [0, 0.1) is 18.3 Å². The molecule has 1 aliphatic rings. The molecular weight excluding hydrogens is 326 g/mol. The number of nitriles is 1. The molecule has 0 aliphatic carbocycles. The number of nitrogens with one attached hydrogen (secondary N) is 1. The Morgan fingerprint density at radius 1 is 1.31 bits per heavy atom. The number of imidazole rings is 1. The summed E-state index contributed by atoms with van der Waals surface area (Å²) in [5.41, 5.74) is 4.07. The summed E-state index contributed by atoms with van der Waals surface area (Å²) in [5.74, 6) is 1.88. The van der Waals surface area contributed by atoms with Crippen LogP contribution in [0.4, 0.5) is 5.82 Å². The highest BCUT2D eigenvalue weighted by molar-refractivity contribution is 5.85. The first-order chi connectivity index (χ1) is 12.8. The third-order valence-electron chi connectivity index (χ3n) is 5.03. The summed E-state index contributed by atoms with van der Waals surface area (Å²) in [5, 5.41) is 17.5. The van der Waals surface area contributed by atoms with Crippen molar-refractivity contribution in [2.24, 2.45) is 0 Å². The molecule has 1 N–H and O–H groups in total. The van der Waals surface area contributed by atoms with Crippen molar-refractivity contribution in [3.8, 4) is 6.07 Å². The summed E-state index contributed by atoms with van der Waals surface area (Å²) in [6, 6.07) is 12.4. The molecule has 0 fully saturated rings. The number of fused-ring (bicyclic) bond motifs is 4. The van der Waals surface area contributed by atoms with E-state index < -0.39 is 0 Å². The van der Waals surface area contributed by atoms with Crippen LogP contribution in [0.5, 0.6) is 0 Å². The van der Waals surface area contributed by atoms with E-state index in [4.69, 9.17) is 4.98 Å². The van der Waals surface area contributed by atoms with E-state index >= 15 is 0 Å². The van der Waals surface area contributed by atoms with Gasteiger partial charge in [-0.1, -0.05) is 12.1 Å². The molecular formula is C19H17N7. The van der Waals surface area contributed by atoms with Gasteiger partial charge in [-0.25, -0.2) is 14.6 Å². The molecule has 1 atom stereocenters. The lowest BCUT2D eigenvalue weighted by molar-refractivity contribution is 0.437. The molecule has 4 heterocycles. The van der Waals surface area contributed by atoms with Gasteiger partial charge in [-0.15, -0.1) is 0 Å². The molecule has 0 amide bonds. The zero-order valence-corrected chi connectivity index (χ0v) is 14.3. The maximum absolute atomic E-state index is 9.61. The fourth-order valence-corrected chi connectivity index (χ4v) is 3.80. The maximum atomic E-state index is 9.61. The fourth-order valence-electron chi connectivity index (χ4n) is 3.80. The van der Waals surface area contributed by atoms with Crippen molar-refractivity contribution in [1.82, 2.24) is 24.1 Å². The van der Waals surface area contributed by atoms with Crippen molar-refractivity contribution >= 4 is 22.5 Å². The lowest BCUT2D eigenvalue weighted by atomic mass is 10.1. The number of hydrogen-bond donors (Lipinski definition) is 1. The Kier molecular flexibility index (Phi) is 3.19. The standard InChI is InChI=1S/C19H17N7/c1-12-9-17(23-15-6-4-8-25-19(15)21-11-22-25)26-16-7-3-2-5-14(16)24-18(26)13(12)10-20/h2-3,5,7,9,11,15,23H,4,6,8H2,1H3/t15-/m1/s1. The summed E-state index contributed by atoms with van der Waals surface area (Å²) in [4.78, 5) is 9.13. The van der Waals surface area contributed by atoms with Gasteiger partial charge in [0.15, 0.2) is 5.65 Å². The van der Waals surface area contributed by atoms with Crippen LogP contribution >= 0.6 is 0 Å². The van der Waals surface area contributed by atoms with E-state index in [0.29, 0.717) is 11.2 Å². The minimum Gasteiger partial charge on any atom is -0.361 e. The quantitative estimate of drug-likeness (QED) is 0.604. The summed E-state index contributed by atoms with van der Waals surface area (Å²) in [6.07, 6.45) is 3.66. The van der Waals surface area contributed by atoms with Crippen molar-refractivity contribution in [3.05, 3.63) is 53.6 Å². The van der Waals surface area contributed by atoms with Crippen LogP contribution in [-0.4, -0.2) is 24.1 Å². The van der Waals surface area contributed by atoms with Gasteiger partial charge in [0.05, 0.1) is 22.6 Å². The summed E-state index contributed by atoms with van der Waals surface area (Å²) >= 11 is 0. The molecule has 7 heteroatoms. The minimum absolute atomic E-state index is 0.0861. The normalized spacial score (nSPS) is 16.5. The highest BCUT2D eigenvalue weighted by Crippen LogP contribution is 2.31. The van der Waals surface area contributed by atoms with Gasteiger partial charge in [0.2, 0.25) is 0 Å². The zero-order chi connectivity index (χ0) is 17.7. The van der Waals surface area contributed by atoms with E-state index in [-0.39, 0.29) is 6.04 Å². The number of benzene rings is 1. The first kappa shape index (κ1) is 14.9. The predicted molar refractivity (Wildman–Crippen MR) is 97.8 cm³/mol. The van der Waals surface area contributed by atoms with Crippen LogP contribution < -0.4 is 5.32 Å². The molecule has 4 aromatic rings. The molecule has 1 aliphatic heterocycles. The summed E-state index contributed by atoms with van der Waals surface area (Å²) < 4.78 is 4.00. The van der Waals surface area contributed by atoms with Gasteiger partial charge in [-0.05, 0) is 43.5 Å². The van der Waals surface area contributed by atoms with E-state index in [9.17, 15) is 5.26 Å². The monoisotopic (exact) mass is 343 g/mol. The van der Waals surface area contributed by atoms with Gasteiger partial charge in [0.25, 0.3) is 0 Å². The smallest absolute Gasteiger partial charge is 0.157 e. The highest BCUT2D eigenvalue weighted by atomic mass is 15.4. The van der Waals surface area contributed by atoms with Crippen molar-refractivity contribution in [1.29, 1.82) is 5.26 Å². The Hall–Kier alpha value is -3.40. The number of anilines is 1. The number of rotatable bonds is 2. The number of para-hydroxylation sites is 2. The molecule has 0 saturated heterocycles. The second kappa shape index (κ2) is 5.56. The molecule has 1 aromatic carbocycles. The van der Waals surface area contributed by atoms with Gasteiger partial charge in [-0.3, -0.25) is 4.40 Å². The molecule has 3 aromatic heterocycles. The van der Waals surface area contributed by atoms with Crippen molar-refractivity contribution in [3.63, 3.8) is 0 Å². The Bertz CT molecular complexity index is 1180. The second-order valence-electron chi connectivity index (χ2n) is 6.64. The van der Waals surface area contributed by atoms with Crippen LogP contribution in [0.1, 0.15) is 35.8 Å². The molecule has 0 unspecified atom stereocenters. The Morgan fingerprint density at radius 2 is 2.19 bits per heavy atom. The van der Waals surface area contributed by atoms with Gasteiger partial charge >= 0.3 is 0 Å². The average Bonchev–Trinajstić information content (AvgIpc) is 3.27. The lowest BCUT2D eigenvalue weighted by Crippen LogP contribution is -2.23. The molecule has 0 radical (unpaired) electrons.